The average Bonchev–Trinajstić information content (AvgIpc) is 2.63. The van der Waals surface area contributed by atoms with Crippen LogP contribution in [0.2, 0.25) is 0 Å². The second kappa shape index (κ2) is 7.25. The molecule has 1 aromatic rings. The van der Waals surface area contributed by atoms with E-state index >= 15 is 0 Å². The Labute approximate surface area is 102 Å². The summed E-state index contributed by atoms with van der Waals surface area (Å²) in [4.78, 5) is 0. The minimum Gasteiger partial charge on any atom is -0.431 e. The van der Waals surface area contributed by atoms with Gasteiger partial charge < -0.3 is 4.74 Å². The van der Waals surface area contributed by atoms with Gasteiger partial charge in [-0.25, -0.2) is 0 Å². The predicted molar refractivity (Wildman–Crippen MR) is 64.7 cm³/mol. The summed E-state index contributed by atoms with van der Waals surface area (Å²) in [6, 6.07) is 0.137. The van der Waals surface area contributed by atoms with Gasteiger partial charge in [-0.1, -0.05) is 27.7 Å². The molecule has 0 aliphatic rings. The molecule has 0 spiro atoms. The Morgan fingerprint density at radius 1 is 1.18 bits per heavy atom. The van der Waals surface area contributed by atoms with Gasteiger partial charge in [0.1, 0.15) is 0 Å². The highest BCUT2D eigenvalue weighted by atomic mass is 19.3. The molecule has 1 rings (SSSR count). The summed E-state index contributed by atoms with van der Waals surface area (Å²) < 4.78 is 30.4. The third kappa shape index (κ3) is 4.32. The van der Waals surface area contributed by atoms with Crippen LogP contribution >= 0.6 is 0 Å². The molecular weight excluding hydrogens is 226 g/mol. The van der Waals surface area contributed by atoms with E-state index < -0.39 is 6.61 Å². The predicted octanol–water partition coefficient (Wildman–Crippen LogP) is 4.22. The smallest absolute Gasteiger partial charge is 0.387 e. The van der Waals surface area contributed by atoms with Crippen LogP contribution in [0.3, 0.4) is 0 Å². The van der Waals surface area contributed by atoms with Crippen LogP contribution in [0.4, 0.5) is 8.78 Å². The lowest BCUT2D eigenvalue weighted by molar-refractivity contribution is -0.0506. The third-order valence-corrected chi connectivity index (χ3v) is 2.05. The maximum atomic E-state index is 12.1. The first-order valence-electron chi connectivity index (χ1n) is 5.95. The van der Waals surface area contributed by atoms with Crippen molar-refractivity contribution in [3.63, 3.8) is 0 Å². The van der Waals surface area contributed by atoms with E-state index in [-0.39, 0.29) is 17.7 Å². The minimum atomic E-state index is -2.80. The van der Waals surface area contributed by atoms with E-state index in [1.807, 2.05) is 41.5 Å². The zero-order chi connectivity index (χ0) is 13.6. The van der Waals surface area contributed by atoms with Gasteiger partial charge in [0, 0.05) is 6.04 Å². The molecule has 0 fully saturated rings. The quantitative estimate of drug-likeness (QED) is 0.797. The van der Waals surface area contributed by atoms with Crippen molar-refractivity contribution in [1.82, 2.24) is 9.78 Å². The fourth-order valence-electron chi connectivity index (χ4n) is 1.50. The van der Waals surface area contributed by atoms with Gasteiger partial charge in [-0.05, 0) is 19.8 Å². The van der Waals surface area contributed by atoms with Crippen LogP contribution in [0.25, 0.3) is 0 Å². The molecule has 0 aliphatic carbocycles. The molecular formula is C12H22F2N2O. The number of rotatable bonds is 4. The first-order valence-corrected chi connectivity index (χ1v) is 5.95. The van der Waals surface area contributed by atoms with E-state index in [2.05, 4.69) is 9.84 Å². The number of hydrogen-bond donors (Lipinski definition) is 0. The summed E-state index contributed by atoms with van der Waals surface area (Å²) in [5.41, 5.74) is 0.713. The Kier molecular flexibility index (Phi) is 6.76. The lowest BCUT2D eigenvalue weighted by Gasteiger charge is -2.15. The summed E-state index contributed by atoms with van der Waals surface area (Å²) in [6.07, 6.45) is 1.35. The molecule has 3 nitrogen and oxygen atoms in total. The molecule has 0 unspecified atom stereocenters. The maximum absolute atomic E-state index is 12.1. The number of ether oxygens (including phenoxy) is 1. The fourth-order valence-corrected chi connectivity index (χ4v) is 1.50. The number of hydrogen-bond acceptors (Lipinski definition) is 2. The highest BCUT2D eigenvalue weighted by Crippen LogP contribution is 2.29. The largest absolute Gasteiger partial charge is 0.431 e. The van der Waals surface area contributed by atoms with Crippen LogP contribution in [0.5, 0.6) is 5.75 Å². The summed E-state index contributed by atoms with van der Waals surface area (Å²) in [7, 11) is 0. The summed E-state index contributed by atoms with van der Waals surface area (Å²) in [6.45, 7) is 8.95. The highest BCUT2D eigenvalue weighted by Gasteiger charge is 2.19. The molecule has 0 amide bonds. The van der Waals surface area contributed by atoms with Crippen molar-refractivity contribution in [1.29, 1.82) is 0 Å². The lowest BCUT2D eigenvalue weighted by Crippen LogP contribution is -2.11. The molecule has 0 aromatic carbocycles. The Hall–Kier alpha value is -1.13. The molecule has 5 heteroatoms. The average molecular weight is 248 g/mol. The van der Waals surface area contributed by atoms with Crippen LogP contribution < -0.4 is 4.74 Å². The van der Waals surface area contributed by atoms with Gasteiger partial charge in [-0.15, -0.1) is 0 Å². The van der Waals surface area contributed by atoms with Gasteiger partial charge in [-0.2, -0.15) is 13.9 Å². The second-order valence-corrected chi connectivity index (χ2v) is 3.97. The topological polar surface area (TPSA) is 27.1 Å². The van der Waals surface area contributed by atoms with Gasteiger partial charge in [-0.3, -0.25) is 4.68 Å². The number of aromatic nitrogens is 2. The van der Waals surface area contributed by atoms with E-state index in [0.717, 1.165) is 0 Å². The van der Waals surface area contributed by atoms with Gasteiger partial charge in [0.15, 0.2) is 5.75 Å². The standard InChI is InChI=1S/C10H16F2N2O.C2H6/c1-6(2)9-8(15-10(11)12)5-13-14(9)7(3)4;1-2/h5-7,10H,1-4H3;1-2H3. The third-order valence-electron chi connectivity index (χ3n) is 2.05. The second-order valence-electron chi connectivity index (χ2n) is 3.97. The molecule has 1 aromatic heterocycles. The van der Waals surface area contributed by atoms with E-state index in [4.69, 9.17) is 0 Å². The molecule has 0 atom stereocenters. The summed E-state index contributed by atoms with van der Waals surface area (Å²) >= 11 is 0. The Morgan fingerprint density at radius 3 is 2.06 bits per heavy atom. The molecule has 0 saturated carbocycles. The fraction of sp³-hybridized carbons (Fsp3) is 0.750. The van der Waals surface area contributed by atoms with Crippen LogP contribution in [0, 0.1) is 0 Å². The zero-order valence-electron chi connectivity index (χ0n) is 11.4. The van der Waals surface area contributed by atoms with Gasteiger partial charge in [0.05, 0.1) is 11.9 Å². The van der Waals surface area contributed by atoms with Crippen molar-refractivity contribution >= 4 is 0 Å². The SMILES string of the molecule is CC.CC(C)c1c(OC(F)F)cnn1C(C)C. The van der Waals surface area contributed by atoms with Crippen molar-refractivity contribution in [2.24, 2.45) is 0 Å². The van der Waals surface area contributed by atoms with Crippen LogP contribution in [-0.2, 0) is 0 Å². The van der Waals surface area contributed by atoms with E-state index in [1.165, 1.54) is 6.20 Å². The summed E-state index contributed by atoms with van der Waals surface area (Å²) in [5, 5.41) is 4.05. The Balaban J connectivity index is 0.00000121. The number of alkyl halides is 2. The number of halogens is 2. The van der Waals surface area contributed by atoms with E-state index in [9.17, 15) is 8.78 Å². The molecule has 0 aliphatic heterocycles. The minimum absolute atomic E-state index is 0.101. The summed E-state index contributed by atoms with van der Waals surface area (Å²) in [5.74, 6) is 0.275. The van der Waals surface area contributed by atoms with Gasteiger partial charge in [0.25, 0.3) is 0 Å². The van der Waals surface area contributed by atoms with Crippen molar-refractivity contribution in [3.05, 3.63) is 11.9 Å². The van der Waals surface area contributed by atoms with Crippen molar-refractivity contribution < 1.29 is 13.5 Å². The molecule has 17 heavy (non-hydrogen) atoms. The van der Waals surface area contributed by atoms with Gasteiger partial charge in [0.2, 0.25) is 0 Å². The molecule has 0 saturated heterocycles. The maximum Gasteiger partial charge on any atom is 0.387 e. The van der Waals surface area contributed by atoms with Crippen molar-refractivity contribution in [2.45, 2.75) is 60.1 Å². The monoisotopic (exact) mass is 248 g/mol. The normalized spacial score (nSPS) is 10.8. The Morgan fingerprint density at radius 2 is 1.71 bits per heavy atom. The van der Waals surface area contributed by atoms with Crippen LogP contribution in [0.15, 0.2) is 6.20 Å². The van der Waals surface area contributed by atoms with E-state index in [1.54, 1.807) is 4.68 Å². The highest BCUT2D eigenvalue weighted by molar-refractivity contribution is 5.28. The first kappa shape index (κ1) is 15.9. The lowest BCUT2D eigenvalue weighted by atomic mass is 10.1. The molecule has 0 radical (unpaired) electrons. The zero-order valence-corrected chi connectivity index (χ0v) is 11.4. The Bertz CT molecular complexity index is 322. The van der Waals surface area contributed by atoms with Crippen LogP contribution in [-0.4, -0.2) is 16.4 Å². The van der Waals surface area contributed by atoms with Gasteiger partial charge >= 0.3 is 6.61 Å². The molecule has 1 heterocycles. The van der Waals surface area contributed by atoms with Crippen LogP contribution in [0.1, 0.15) is 59.2 Å². The molecule has 0 bridgehead atoms. The molecule has 100 valence electrons. The number of nitrogens with zero attached hydrogens (tertiary/aromatic N) is 2. The molecule has 0 N–H and O–H groups in total. The van der Waals surface area contributed by atoms with E-state index in [0.29, 0.717) is 5.69 Å². The van der Waals surface area contributed by atoms with Crippen molar-refractivity contribution in [2.75, 3.05) is 0 Å². The van der Waals surface area contributed by atoms with Crippen molar-refractivity contribution in [3.8, 4) is 5.75 Å². The first-order chi connectivity index (χ1) is 7.93.